The zero-order chi connectivity index (χ0) is 14.5. The SMILES string of the molecule is CCCCn1cc(-c2cc(C)c(OC)c(C#N)c2)cn1. The van der Waals surface area contributed by atoms with Gasteiger partial charge >= 0.3 is 0 Å². The number of hydrogen-bond donors (Lipinski definition) is 0. The van der Waals surface area contributed by atoms with Crippen LogP contribution in [0.4, 0.5) is 0 Å². The first kappa shape index (κ1) is 14.1. The minimum atomic E-state index is 0.559. The van der Waals surface area contributed by atoms with Crippen molar-refractivity contribution < 1.29 is 4.74 Å². The summed E-state index contributed by atoms with van der Waals surface area (Å²) in [5.41, 5.74) is 3.55. The Balaban J connectivity index is 2.36. The largest absolute Gasteiger partial charge is 0.495 e. The van der Waals surface area contributed by atoms with Crippen LogP contribution in [0.15, 0.2) is 24.5 Å². The molecule has 0 saturated heterocycles. The van der Waals surface area contributed by atoms with Crippen LogP contribution < -0.4 is 4.74 Å². The molecule has 4 nitrogen and oxygen atoms in total. The second-order valence-electron chi connectivity index (χ2n) is 4.83. The Bertz CT molecular complexity index is 638. The summed E-state index contributed by atoms with van der Waals surface area (Å²) in [5, 5.41) is 13.6. The van der Waals surface area contributed by atoms with Crippen LogP contribution in [0, 0.1) is 18.3 Å². The van der Waals surface area contributed by atoms with Crippen molar-refractivity contribution in [2.45, 2.75) is 33.2 Å². The molecule has 0 amide bonds. The fourth-order valence-electron chi connectivity index (χ4n) is 2.25. The minimum Gasteiger partial charge on any atom is -0.495 e. The quantitative estimate of drug-likeness (QED) is 0.834. The predicted molar refractivity (Wildman–Crippen MR) is 78.6 cm³/mol. The third kappa shape index (κ3) is 2.83. The van der Waals surface area contributed by atoms with Crippen LogP contribution in [0.3, 0.4) is 0 Å². The topological polar surface area (TPSA) is 50.8 Å². The maximum atomic E-state index is 9.22. The van der Waals surface area contributed by atoms with Crippen molar-refractivity contribution in [1.29, 1.82) is 5.26 Å². The Kier molecular flexibility index (Phi) is 4.41. The highest BCUT2D eigenvalue weighted by Crippen LogP contribution is 2.29. The molecule has 0 saturated carbocycles. The van der Waals surface area contributed by atoms with Gasteiger partial charge in [-0.3, -0.25) is 4.68 Å². The van der Waals surface area contributed by atoms with Crippen molar-refractivity contribution in [2.75, 3.05) is 7.11 Å². The summed E-state index contributed by atoms with van der Waals surface area (Å²) in [7, 11) is 1.59. The maximum Gasteiger partial charge on any atom is 0.139 e. The summed E-state index contributed by atoms with van der Waals surface area (Å²) >= 11 is 0. The second-order valence-corrected chi connectivity index (χ2v) is 4.83. The third-order valence-electron chi connectivity index (χ3n) is 3.31. The number of unbranched alkanes of at least 4 members (excludes halogenated alkanes) is 1. The second kappa shape index (κ2) is 6.25. The zero-order valence-electron chi connectivity index (χ0n) is 12.2. The molecule has 20 heavy (non-hydrogen) atoms. The van der Waals surface area contributed by atoms with E-state index in [1.54, 1.807) is 7.11 Å². The number of nitrogens with zero attached hydrogens (tertiary/aromatic N) is 3. The van der Waals surface area contributed by atoms with Gasteiger partial charge in [0.1, 0.15) is 11.8 Å². The number of nitriles is 1. The standard InChI is InChI=1S/C16H19N3O/c1-4-5-6-19-11-15(10-18-19)13-7-12(2)16(20-3)14(8-13)9-17/h7-8,10-11H,4-6H2,1-3H3. The highest BCUT2D eigenvalue weighted by atomic mass is 16.5. The Hall–Kier alpha value is -2.28. The molecule has 0 aliphatic carbocycles. The molecule has 1 aromatic carbocycles. The van der Waals surface area contributed by atoms with Crippen LogP contribution in [-0.2, 0) is 6.54 Å². The number of aromatic nitrogens is 2. The van der Waals surface area contributed by atoms with Gasteiger partial charge in [-0.15, -0.1) is 0 Å². The van der Waals surface area contributed by atoms with Gasteiger partial charge in [0.05, 0.1) is 18.9 Å². The van der Waals surface area contributed by atoms with Gasteiger partial charge in [0.25, 0.3) is 0 Å². The van der Waals surface area contributed by atoms with Gasteiger partial charge in [0.2, 0.25) is 0 Å². The maximum absolute atomic E-state index is 9.22. The Labute approximate surface area is 119 Å². The summed E-state index contributed by atoms with van der Waals surface area (Å²) in [6.45, 7) is 5.04. The molecule has 104 valence electrons. The molecule has 0 fully saturated rings. The van der Waals surface area contributed by atoms with Crippen LogP contribution in [0.5, 0.6) is 5.75 Å². The molecular weight excluding hydrogens is 250 g/mol. The van der Waals surface area contributed by atoms with Crippen molar-refractivity contribution in [3.05, 3.63) is 35.7 Å². The lowest BCUT2D eigenvalue weighted by Gasteiger charge is -2.08. The van der Waals surface area contributed by atoms with Gasteiger partial charge in [0, 0.05) is 18.3 Å². The van der Waals surface area contributed by atoms with Gasteiger partial charge in [-0.25, -0.2) is 0 Å². The van der Waals surface area contributed by atoms with E-state index in [0.29, 0.717) is 11.3 Å². The van der Waals surface area contributed by atoms with Crippen LogP contribution in [0.25, 0.3) is 11.1 Å². The Morgan fingerprint density at radius 1 is 1.35 bits per heavy atom. The van der Waals surface area contributed by atoms with E-state index in [1.165, 1.54) is 0 Å². The zero-order valence-corrected chi connectivity index (χ0v) is 12.2. The first-order chi connectivity index (χ1) is 9.69. The number of benzene rings is 1. The lowest BCUT2D eigenvalue weighted by molar-refractivity contribution is 0.410. The fourth-order valence-corrected chi connectivity index (χ4v) is 2.25. The number of rotatable bonds is 5. The lowest BCUT2D eigenvalue weighted by Crippen LogP contribution is -1.96. The van der Waals surface area contributed by atoms with Crippen molar-refractivity contribution in [2.24, 2.45) is 0 Å². The molecule has 0 atom stereocenters. The molecule has 0 spiro atoms. The monoisotopic (exact) mass is 269 g/mol. The molecule has 0 bridgehead atoms. The van der Waals surface area contributed by atoms with E-state index in [0.717, 1.165) is 36.1 Å². The number of ether oxygens (including phenoxy) is 1. The van der Waals surface area contributed by atoms with Crippen LogP contribution >= 0.6 is 0 Å². The molecule has 0 aliphatic rings. The average molecular weight is 269 g/mol. The predicted octanol–water partition coefficient (Wildman–Crippen LogP) is 3.54. The van der Waals surface area contributed by atoms with Crippen LogP contribution in [0.1, 0.15) is 30.9 Å². The lowest BCUT2D eigenvalue weighted by atomic mass is 10.0. The fraction of sp³-hybridized carbons (Fsp3) is 0.375. The normalized spacial score (nSPS) is 10.3. The molecule has 2 rings (SSSR count). The minimum absolute atomic E-state index is 0.559. The molecule has 1 heterocycles. The van der Waals surface area contributed by atoms with Crippen molar-refractivity contribution in [1.82, 2.24) is 9.78 Å². The van der Waals surface area contributed by atoms with Gasteiger partial charge in [0.15, 0.2) is 0 Å². The molecule has 0 N–H and O–H groups in total. The Morgan fingerprint density at radius 3 is 2.80 bits per heavy atom. The molecular formula is C16H19N3O. The average Bonchev–Trinajstić information content (AvgIpc) is 2.93. The highest BCUT2D eigenvalue weighted by molar-refractivity contribution is 5.68. The van der Waals surface area contributed by atoms with Gasteiger partial charge in [-0.05, 0) is 36.6 Å². The van der Waals surface area contributed by atoms with Crippen molar-refractivity contribution >= 4 is 0 Å². The smallest absolute Gasteiger partial charge is 0.139 e. The van der Waals surface area contributed by atoms with Gasteiger partial charge in [-0.1, -0.05) is 13.3 Å². The van der Waals surface area contributed by atoms with Crippen LogP contribution in [0.2, 0.25) is 0 Å². The molecule has 0 unspecified atom stereocenters. The van der Waals surface area contributed by atoms with E-state index in [2.05, 4.69) is 18.1 Å². The molecule has 1 aromatic heterocycles. The van der Waals surface area contributed by atoms with Crippen LogP contribution in [-0.4, -0.2) is 16.9 Å². The van der Waals surface area contributed by atoms with Crippen molar-refractivity contribution in [3.8, 4) is 22.9 Å². The van der Waals surface area contributed by atoms with Gasteiger partial charge < -0.3 is 4.74 Å². The van der Waals surface area contributed by atoms with E-state index in [1.807, 2.05) is 36.1 Å². The van der Waals surface area contributed by atoms with E-state index in [9.17, 15) is 5.26 Å². The molecule has 0 aliphatic heterocycles. The molecule has 0 radical (unpaired) electrons. The Morgan fingerprint density at radius 2 is 2.15 bits per heavy atom. The third-order valence-corrected chi connectivity index (χ3v) is 3.31. The highest BCUT2D eigenvalue weighted by Gasteiger charge is 2.10. The summed E-state index contributed by atoms with van der Waals surface area (Å²) in [6.07, 6.45) is 6.14. The first-order valence-corrected chi connectivity index (χ1v) is 6.81. The van der Waals surface area contributed by atoms with E-state index in [4.69, 9.17) is 4.74 Å². The van der Waals surface area contributed by atoms with E-state index >= 15 is 0 Å². The number of methoxy groups -OCH3 is 1. The molecule has 2 aromatic rings. The first-order valence-electron chi connectivity index (χ1n) is 6.81. The summed E-state index contributed by atoms with van der Waals surface area (Å²) < 4.78 is 7.22. The van der Waals surface area contributed by atoms with Gasteiger partial charge in [-0.2, -0.15) is 10.4 Å². The summed E-state index contributed by atoms with van der Waals surface area (Å²) in [6, 6.07) is 6.07. The van der Waals surface area contributed by atoms with E-state index in [-0.39, 0.29) is 0 Å². The number of hydrogen-bond acceptors (Lipinski definition) is 3. The molecule has 4 heteroatoms. The summed E-state index contributed by atoms with van der Waals surface area (Å²) in [5.74, 6) is 0.648. The number of aryl methyl sites for hydroxylation is 2. The van der Waals surface area contributed by atoms with E-state index < -0.39 is 0 Å². The van der Waals surface area contributed by atoms with Crippen molar-refractivity contribution in [3.63, 3.8) is 0 Å². The summed E-state index contributed by atoms with van der Waals surface area (Å²) in [4.78, 5) is 0.